The second kappa shape index (κ2) is 9.50. The van der Waals surface area contributed by atoms with Crippen molar-refractivity contribution >= 4 is 56.2 Å². The number of anilines is 1. The number of rotatable bonds is 8. The molecule has 6 nitrogen and oxygen atoms in total. The van der Waals surface area contributed by atoms with Crippen LogP contribution in [-0.4, -0.2) is 27.2 Å². The van der Waals surface area contributed by atoms with Crippen LogP contribution in [0.15, 0.2) is 41.3 Å². The highest BCUT2D eigenvalue weighted by molar-refractivity contribution is 7.90. The zero-order chi connectivity index (χ0) is 20.0. The molecule has 2 rings (SSSR count). The largest absolute Gasteiger partial charge is 0.494 e. The molecule has 27 heavy (non-hydrogen) atoms. The molecular weight excluding hydrogens is 435 g/mol. The second-order valence-corrected chi connectivity index (χ2v) is 8.88. The molecule has 0 fully saturated rings. The van der Waals surface area contributed by atoms with Crippen LogP contribution in [0, 0.1) is 0 Å². The summed E-state index contributed by atoms with van der Waals surface area (Å²) in [7, 11) is -3.24. The van der Waals surface area contributed by atoms with Crippen molar-refractivity contribution < 1.29 is 17.9 Å². The molecule has 146 valence electrons. The summed E-state index contributed by atoms with van der Waals surface area (Å²) in [5, 5.41) is 0.964. The molecule has 2 aromatic rings. The lowest BCUT2D eigenvalue weighted by molar-refractivity contribution is -0.120. The number of hydrazine groups is 1. The summed E-state index contributed by atoms with van der Waals surface area (Å²) in [6.45, 7) is 0.300. The Morgan fingerprint density at radius 3 is 2.22 bits per heavy atom. The smallest absolute Gasteiger partial charge is 0.238 e. The molecule has 0 atom stereocenters. The van der Waals surface area contributed by atoms with Crippen LogP contribution in [0.3, 0.4) is 0 Å². The molecule has 2 aromatic carbocycles. The SMILES string of the molecule is CS(=O)(=O)c1ccc(OCCCC(=O)NNc2c(Cl)cc(Cl)cc2Cl)cc1. The summed E-state index contributed by atoms with van der Waals surface area (Å²) in [6, 6.07) is 9.10. The quantitative estimate of drug-likeness (QED) is 0.460. The van der Waals surface area contributed by atoms with E-state index in [4.69, 9.17) is 39.5 Å². The van der Waals surface area contributed by atoms with Crippen molar-refractivity contribution in [3.05, 3.63) is 51.5 Å². The van der Waals surface area contributed by atoms with E-state index in [2.05, 4.69) is 10.9 Å². The van der Waals surface area contributed by atoms with E-state index < -0.39 is 9.84 Å². The first kappa shape index (κ1) is 21.6. The van der Waals surface area contributed by atoms with Crippen molar-refractivity contribution in [3.8, 4) is 5.75 Å². The van der Waals surface area contributed by atoms with Gasteiger partial charge in [-0.3, -0.25) is 15.6 Å². The number of nitrogens with one attached hydrogen (secondary N) is 2. The van der Waals surface area contributed by atoms with Gasteiger partial charge in [-0.05, 0) is 42.8 Å². The number of ether oxygens (including phenoxy) is 1. The highest BCUT2D eigenvalue weighted by atomic mass is 35.5. The third kappa shape index (κ3) is 6.77. The molecule has 1 amide bonds. The van der Waals surface area contributed by atoms with Gasteiger partial charge >= 0.3 is 0 Å². The van der Waals surface area contributed by atoms with Crippen LogP contribution < -0.4 is 15.6 Å². The van der Waals surface area contributed by atoms with Crippen LogP contribution in [-0.2, 0) is 14.6 Å². The Labute approximate surface area is 172 Å². The fourth-order valence-corrected chi connectivity index (χ4v) is 3.60. The van der Waals surface area contributed by atoms with Crippen LogP contribution >= 0.6 is 34.8 Å². The van der Waals surface area contributed by atoms with E-state index in [-0.39, 0.29) is 27.3 Å². The molecule has 2 N–H and O–H groups in total. The Morgan fingerprint density at radius 1 is 1.07 bits per heavy atom. The Hall–Kier alpha value is -1.67. The summed E-state index contributed by atoms with van der Waals surface area (Å²) in [4.78, 5) is 12.1. The summed E-state index contributed by atoms with van der Waals surface area (Å²) in [5.41, 5.74) is 5.53. The molecule has 0 unspecified atom stereocenters. The lowest BCUT2D eigenvalue weighted by Crippen LogP contribution is -2.29. The third-order valence-corrected chi connectivity index (χ3v) is 5.35. The predicted octanol–water partition coefficient (Wildman–Crippen LogP) is 4.35. The lowest BCUT2D eigenvalue weighted by Gasteiger charge is -2.12. The minimum Gasteiger partial charge on any atom is -0.494 e. The van der Waals surface area contributed by atoms with Crippen molar-refractivity contribution in [3.63, 3.8) is 0 Å². The van der Waals surface area contributed by atoms with Crippen LogP contribution in [0.2, 0.25) is 15.1 Å². The molecule has 0 bridgehead atoms. The number of benzene rings is 2. The van der Waals surface area contributed by atoms with Crippen LogP contribution in [0.1, 0.15) is 12.8 Å². The highest BCUT2D eigenvalue weighted by Crippen LogP contribution is 2.33. The highest BCUT2D eigenvalue weighted by Gasteiger charge is 2.09. The van der Waals surface area contributed by atoms with E-state index in [1.54, 1.807) is 12.1 Å². The van der Waals surface area contributed by atoms with Crippen molar-refractivity contribution in [1.29, 1.82) is 0 Å². The molecule has 0 aromatic heterocycles. The summed E-state index contributed by atoms with van der Waals surface area (Å²) in [5.74, 6) is 0.258. The maximum absolute atomic E-state index is 11.9. The average molecular weight is 452 g/mol. The van der Waals surface area contributed by atoms with Crippen LogP contribution in [0.4, 0.5) is 5.69 Å². The zero-order valence-corrected chi connectivity index (χ0v) is 17.3. The summed E-state index contributed by atoms with van der Waals surface area (Å²) >= 11 is 17.8. The fourth-order valence-electron chi connectivity index (χ4n) is 2.06. The first-order valence-electron chi connectivity index (χ1n) is 7.79. The van der Waals surface area contributed by atoms with Gasteiger partial charge in [0.2, 0.25) is 5.91 Å². The summed E-state index contributed by atoms with van der Waals surface area (Å²) in [6.07, 6.45) is 1.81. The van der Waals surface area contributed by atoms with Gasteiger partial charge in [0, 0.05) is 17.7 Å². The summed E-state index contributed by atoms with van der Waals surface area (Å²) < 4.78 is 28.3. The van der Waals surface area contributed by atoms with Crippen molar-refractivity contribution in [2.75, 3.05) is 18.3 Å². The van der Waals surface area contributed by atoms with E-state index in [1.165, 1.54) is 24.3 Å². The fraction of sp³-hybridized carbons (Fsp3) is 0.235. The Bertz CT molecular complexity index is 895. The second-order valence-electron chi connectivity index (χ2n) is 5.61. The maximum atomic E-state index is 11.9. The van der Waals surface area contributed by atoms with Crippen LogP contribution in [0.5, 0.6) is 5.75 Å². The molecule has 0 aliphatic carbocycles. The normalized spacial score (nSPS) is 11.1. The third-order valence-electron chi connectivity index (χ3n) is 3.40. The molecule has 0 saturated carbocycles. The number of carbonyl (C=O) groups excluding carboxylic acids is 1. The van der Waals surface area contributed by atoms with Gasteiger partial charge in [0.25, 0.3) is 0 Å². The van der Waals surface area contributed by atoms with Crippen molar-refractivity contribution in [1.82, 2.24) is 5.43 Å². The lowest BCUT2D eigenvalue weighted by atomic mass is 10.3. The number of hydrogen-bond acceptors (Lipinski definition) is 5. The molecule has 0 aliphatic heterocycles. The Balaban J connectivity index is 1.74. The number of amides is 1. The predicted molar refractivity (Wildman–Crippen MR) is 108 cm³/mol. The van der Waals surface area contributed by atoms with Crippen molar-refractivity contribution in [2.45, 2.75) is 17.7 Å². The van der Waals surface area contributed by atoms with E-state index in [0.717, 1.165) is 6.26 Å². The number of hydrogen-bond donors (Lipinski definition) is 2. The number of carbonyl (C=O) groups is 1. The van der Waals surface area contributed by atoms with E-state index in [1.807, 2.05) is 0 Å². The van der Waals surface area contributed by atoms with E-state index in [9.17, 15) is 13.2 Å². The average Bonchev–Trinajstić information content (AvgIpc) is 2.57. The van der Waals surface area contributed by atoms with Gasteiger partial charge in [-0.25, -0.2) is 8.42 Å². The minimum absolute atomic E-state index is 0.206. The Kier molecular flexibility index (Phi) is 7.61. The Morgan fingerprint density at radius 2 is 1.67 bits per heavy atom. The molecule has 0 saturated heterocycles. The van der Waals surface area contributed by atoms with Gasteiger partial charge in [0.1, 0.15) is 5.75 Å². The molecule has 0 radical (unpaired) electrons. The van der Waals surface area contributed by atoms with Crippen molar-refractivity contribution in [2.24, 2.45) is 0 Å². The molecule has 0 heterocycles. The van der Waals surface area contributed by atoms with Gasteiger partial charge in [-0.2, -0.15) is 0 Å². The van der Waals surface area contributed by atoms with Crippen LogP contribution in [0.25, 0.3) is 0 Å². The number of halogens is 3. The first-order valence-corrected chi connectivity index (χ1v) is 10.8. The van der Waals surface area contributed by atoms with E-state index >= 15 is 0 Å². The maximum Gasteiger partial charge on any atom is 0.238 e. The zero-order valence-electron chi connectivity index (χ0n) is 14.3. The first-order chi connectivity index (χ1) is 12.7. The minimum atomic E-state index is -3.24. The van der Waals surface area contributed by atoms with Gasteiger partial charge in [0.15, 0.2) is 9.84 Å². The topological polar surface area (TPSA) is 84.5 Å². The monoisotopic (exact) mass is 450 g/mol. The van der Waals surface area contributed by atoms with E-state index in [0.29, 0.717) is 29.5 Å². The number of sulfone groups is 1. The van der Waals surface area contributed by atoms with Gasteiger partial charge in [-0.1, -0.05) is 34.8 Å². The van der Waals surface area contributed by atoms with Gasteiger partial charge in [-0.15, -0.1) is 0 Å². The molecule has 10 heteroatoms. The molecular formula is C17H17Cl3N2O4S. The van der Waals surface area contributed by atoms with Gasteiger partial charge in [0.05, 0.1) is 27.2 Å². The molecule has 0 aliphatic rings. The van der Waals surface area contributed by atoms with Gasteiger partial charge < -0.3 is 4.74 Å². The standard InChI is InChI=1S/C17H17Cl3N2O4S/c1-27(24,25)13-6-4-12(5-7-13)26-8-2-3-16(23)21-22-17-14(19)9-11(18)10-15(17)20/h4-7,9-10,22H,2-3,8H2,1H3,(H,21,23). The molecule has 0 spiro atoms.